The fraction of sp³-hybridized carbons (Fsp3) is 0.500. The second-order valence-electron chi connectivity index (χ2n) is 2.63. The molecule has 1 atom stereocenters. The Hall–Kier alpha value is -1.32. The van der Waals surface area contributed by atoms with Gasteiger partial charge in [0.05, 0.1) is 12.4 Å². The van der Waals surface area contributed by atoms with Crippen molar-refractivity contribution >= 4 is 11.9 Å². The van der Waals surface area contributed by atoms with Crippen molar-refractivity contribution in [3.63, 3.8) is 0 Å². The van der Waals surface area contributed by atoms with Gasteiger partial charge in [0.2, 0.25) is 0 Å². The minimum absolute atomic E-state index is 0.291. The lowest BCUT2D eigenvalue weighted by atomic mass is 10.1. The number of allylic oxidation sites excluding steroid dienone is 1. The monoisotopic (exact) mass is 170 g/mol. The highest BCUT2D eigenvalue weighted by molar-refractivity contribution is 5.96. The summed E-state index contributed by atoms with van der Waals surface area (Å²) >= 11 is 0. The van der Waals surface area contributed by atoms with E-state index in [0.717, 1.165) is 0 Å². The molecule has 1 aliphatic rings. The number of carbonyl (C=O) groups excluding carboxylic acids is 2. The van der Waals surface area contributed by atoms with E-state index in [1.165, 1.54) is 0 Å². The van der Waals surface area contributed by atoms with E-state index in [1.54, 1.807) is 6.92 Å². The maximum atomic E-state index is 11.1. The van der Waals surface area contributed by atoms with Crippen LogP contribution in [0.2, 0.25) is 0 Å². The van der Waals surface area contributed by atoms with Crippen LogP contribution in [-0.2, 0) is 19.1 Å². The molecule has 12 heavy (non-hydrogen) atoms. The molecule has 1 fully saturated rings. The average molecular weight is 170 g/mol. The summed E-state index contributed by atoms with van der Waals surface area (Å²) < 4.78 is 9.27. The Morgan fingerprint density at radius 1 is 1.75 bits per heavy atom. The minimum atomic E-state index is -0.748. The maximum absolute atomic E-state index is 11.1. The van der Waals surface area contributed by atoms with Gasteiger partial charge in [-0.05, 0) is 6.92 Å². The van der Waals surface area contributed by atoms with Crippen LogP contribution in [0.5, 0.6) is 0 Å². The van der Waals surface area contributed by atoms with Gasteiger partial charge in [-0.2, -0.15) is 0 Å². The Morgan fingerprint density at radius 3 is 2.83 bits per heavy atom. The first kappa shape index (κ1) is 8.77. The molecule has 1 heterocycles. The molecule has 1 unspecified atom stereocenters. The van der Waals surface area contributed by atoms with Crippen molar-refractivity contribution in [3.8, 4) is 0 Å². The van der Waals surface area contributed by atoms with Gasteiger partial charge >= 0.3 is 11.9 Å². The topological polar surface area (TPSA) is 52.6 Å². The zero-order valence-electron chi connectivity index (χ0n) is 6.83. The second-order valence-corrected chi connectivity index (χ2v) is 2.63. The standard InChI is InChI=1S/C8H10O4/c1-5(2)12-8(10)6-3-4-11-7(6)9/h6H,1,3-4H2,2H3. The summed E-state index contributed by atoms with van der Waals surface area (Å²) in [6.07, 6.45) is 0.408. The van der Waals surface area contributed by atoms with Crippen LogP contribution >= 0.6 is 0 Å². The van der Waals surface area contributed by atoms with Crippen molar-refractivity contribution in [1.82, 2.24) is 0 Å². The summed E-state index contributed by atoms with van der Waals surface area (Å²) in [7, 11) is 0. The summed E-state index contributed by atoms with van der Waals surface area (Å²) in [5, 5.41) is 0. The number of esters is 2. The molecule has 0 aromatic heterocycles. The molecule has 0 aromatic rings. The van der Waals surface area contributed by atoms with Gasteiger partial charge in [-0.25, -0.2) is 0 Å². The van der Waals surface area contributed by atoms with E-state index in [2.05, 4.69) is 16.1 Å². The van der Waals surface area contributed by atoms with Crippen LogP contribution in [0.1, 0.15) is 13.3 Å². The van der Waals surface area contributed by atoms with E-state index in [9.17, 15) is 9.59 Å². The summed E-state index contributed by atoms with van der Waals surface area (Å²) in [5.74, 6) is -1.52. The molecule has 0 N–H and O–H groups in total. The van der Waals surface area contributed by atoms with Gasteiger partial charge < -0.3 is 9.47 Å². The summed E-state index contributed by atoms with van der Waals surface area (Å²) in [4.78, 5) is 21.9. The van der Waals surface area contributed by atoms with Gasteiger partial charge in [-0.15, -0.1) is 0 Å². The Kier molecular flexibility index (Phi) is 2.47. The van der Waals surface area contributed by atoms with Gasteiger partial charge in [-0.3, -0.25) is 9.59 Å². The van der Waals surface area contributed by atoms with Crippen LogP contribution < -0.4 is 0 Å². The van der Waals surface area contributed by atoms with Crippen LogP contribution in [0, 0.1) is 5.92 Å². The van der Waals surface area contributed by atoms with E-state index >= 15 is 0 Å². The molecule has 0 amide bonds. The Morgan fingerprint density at radius 2 is 2.42 bits per heavy atom. The number of cyclic esters (lactones) is 1. The van der Waals surface area contributed by atoms with Gasteiger partial charge in [0, 0.05) is 6.42 Å². The van der Waals surface area contributed by atoms with Gasteiger partial charge in [0.15, 0.2) is 5.92 Å². The zero-order chi connectivity index (χ0) is 9.14. The molecule has 1 aliphatic heterocycles. The highest BCUT2D eigenvalue weighted by atomic mass is 16.6. The van der Waals surface area contributed by atoms with Crippen molar-refractivity contribution in [1.29, 1.82) is 0 Å². The number of ether oxygens (including phenoxy) is 2. The molecule has 66 valence electrons. The number of hydrogen-bond acceptors (Lipinski definition) is 4. The van der Waals surface area contributed by atoms with Crippen LogP contribution in [0.4, 0.5) is 0 Å². The summed E-state index contributed by atoms with van der Waals surface area (Å²) in [5.41, 5.74) is 0. The van der Waals surface area contributed by atoms with Crippen molar-refractivity contribution in [2.45, 2.75) is 13.3 Å². The molecule has 0 radical (unpaired) electrons. The Bertz CT molecular complexity index is 231. The first-order chi connectivity index (χ1) is 5.61. The van der Waals surface area contributed by atoms with Crippen molar-refractivity contribution < 1.29 is 19.1 Å². The Balaban J connectivity index is 2.52. The van der Waals surface area contributed by atoms with E-state index < -0.39 is 17.9 Å². The molecule has 0 aromatic carbocycles. The molecule has 1 saturated heterocycles. The highest BCUT2D eigenvalue weighted by Crippen LogP contribution is 2.16. The molecule has 0 spiro atoms. The number of rotatable bonds is 2. The van der Waals surface area contributed by atoms with Crippen LogP contribution in [0.25, 0.3) is 0 Å². The molecular weight excluding hydrogens is 160 g/mol. The predicted octanol–water partition coefficient (Wildman–Crippen LogP) is 0.626. The van der Waals surface area contributed by atoms with Crippen molar-refractivity contribution in [2.24, 2.45) is 5.92 Å². The lowest BCUT2D eigenvalue weighted by molar-refractivity contribution is -0.153. The fourth-order valence-electron chi connectivity index (χ4n) is 0.953. The fourth-order valence-corrected chi connectivity index (χ4v) is 0.953. The number of carbonyl (C=O) groups is 2. The second kappa shape index (κ2) is 3.38. The molecule has 0 aliphatic carbocycles. The van der Waals surface area contributed by atoms with Crippen LogP contribution in [0.15, 0.2) is 12.3 Å². The molecule has 4 nitrogen and oxygen atoms in total. The predicted molar refractivity (Wildman–Crippen MR) is 40.0 cm³/mol. The minimum Gasteiger partial charge on any atom is -0.465 e. The van der Waals surface area contributed by atoms with E-state index in [4.69, 9.17) is 0 Å². The summed E-state index contributed by atoms with van der Waals surface area (Å²) in [6.45, 7) is 5.25. The first-order valence-electron chi connectivity index (χ1n) is 3.65. The number of hydrogen-bond donors (Lipinski definition) is 0. The van der Waals surface area contributed by atoms with Gasteiger partial charge in [0.25, 0.3) is 0 Å². The smallest absolute Gasteiger partial charge is 0.325 e. The maximum Gasteiger partial charge on any atom is 0.325 e. The molecule has 0 saturated carbocycles. The molecule has 4 heteroatoms. The lowest BCUT2D eigenvalue weighted by Crippen LogP contribution is -2.21. The van der Waals surface area contributed by atoms with Crippen LogP contribution in [-0.4, -0.2) is 18.5 Å². The molecule has 0 bridgehead atoms. The van der Waals surface area contributed by atoms with E-state index in [0.29, 0.717) is 18.8 Å². The SMILES string of the molecule is C=C(C)OC(=O)C1CCOC1=O. The quantitative estimate of drug-likeness (QED) is 0.346. The van der Waals surface area contributed by atoms with Gasteiger partial charge in [0.1, 0.15) is 0 Å². The third-order valence-corrected chi connectivity index (χ3v) is 1.49. The highest BCUT2D eigenvalue weighted by Gasteiger charge is 2.34. The summed E-state index contributed by atoms with van der Waals surface area (Å²) in [6, 6.07) is 0. The zero-order valence-corrected chi connectivity index (χ0v) is 6.83. The van der Waals surface area contributed by atoms with E-state index in [1.807, 2.05) is 0 Å². The molecular formula is C8H10O4. The largest absolute Gasteiger partial charge is 0.465 e. The van der Waals surface area contributed by atoms with Crippen LogP contribution in [0.3, 0.4) is 0 Å². The van der Waals surface area contributed by atoms with Crippen molar-refractivity contribution in [2.75, 3.05) is 6.61 Å². The average Bonchev–Trinajstić information content (AvgIpc) is 2.33. The van der Waals surface area contributed by atoms with Gasteiger partial charge in [-0.1, -0.05) is 6.58 Å². The third-order valence-electron chi connectivity index (χ3n) is 1.49. The molecule has 1 rings (SSSR count). The van der Waals surface area contributed by atoms with E-state index in [-0.39, 0.29) is 0 Å². The van der Waals surface area contributed by atoms with Crippen molar-refractivity contribution in [3.05, 3.63) is 12.3 Å². The normalized spacial score (nSPS) is 21.8. The first-order valence-corrected chi connectivity index (χ1v) is 3.65. The third kappa shape index (κ3) is 1.84. The Labute approximate surface area is 70.1 Å². The lowest BCUT2D eigenvalue weighted by Gasteiger charge is -2.04.